The van der Waals surface area contributed by atoms with E-state index >= 15 is 0 Å². The third-order valence-corrected chi connectivity index (χ3v) is 7.57. The van der Waals surface area contributed by atoms with Crippen LogP contribution in [-0.2, 0) is 0 Å². The zero-order valence-corrected chi connectivity index (χ0v) is 24.7. The lowest BCUT2D eigenvalue weighted by molar-refractivity contribution is 0.0735. The van der Waals surface area contributed by atoms with Gasteiger partial charge in [-0.05, 0) is 115 Å². The van der Waals surface area contributed by atoms with E-state index in [0.717, 1.165) is 12.5 Å². The molecule has 0 saturated carbocycles. The number of rotatable bonds is 0. The van der Waals surface area contributed by atoms with Crippen molar-refractivity contribution in [1.29, 1.82) is 0 Å². The maximum atomic E-state index is 2.59. The van der Waals surface area contributed by atoms with Crippen LogP contribution in [0.15, 0.2) is 11.6 Å². The van der Waals surface area contributed by atoms with Crippen molar-refractivity contribution in [1.82, 2.24) is 19.6 Å². The molecule has 0 radical (unpaired) electrons. The van der Waals surface area contributed by atoms with Gasteiger partial charge in [-0.3, -0.25) is 14.7 Å². The highest BCUT2D eigenvalue weighted by Gasteiger charge is 2.25. The van der Waals surface area contributed by atoms with Crippen molar-refractivity contribution in [3.05, 3.63) is 11.6 Å². The number of likely N-dealkylation sites (tertiary alicyclic amines) is 1. The zero-order chi connectivity index (χ0) is 25.4. The van der Waals surface area contributed by atoms with E-state index in [1.807, 2.05) is 0 Å². The van der Waals surface area contributed by atoms with E-state index in [1.54, 1.807) is 5.57 Å². The van der Waals surface area contributed by atoms with Gasteiger partial charge in [-0.15, -0.1) is 0 Å². The molecule has 3 rings (SSSR count). The monoisotopic (exact) mass is 481 g/mol. The largest absolute Gasteiger partial charge is 0.304 e. The molecule has 34 heavy (non-hydrogen) atoms. The molecular formula is C30H64N4. The summed E-state index contributed by atoms with van der Waals surface area (Å²) in [7, 11) is 2.19. The summed E-state index contributed by atoms with van der Waals surface area (Å²) in [5, 5.41) is 0. The molecule has 3 heterocycles. The summed E-state index contributed by atoms with van der Waals surface area (Å²) in [6.07, 6.45) is 6.36. The van der Waals surface area contributed by atoms with Crippen molar-refractivity contribution in [3.8, 4) is 0 Å². The first-order chi connectivity index (χ1) is 15.0. The molecule has 2 saturated heterocycles. The second-order valence-corrected chi connectivity index (χ2v) is 13.7. The van der Waals surface area contributed by atoms with E-state index in [1.165, 1.54) is 65.1 Å². The van der Waals surface area contributed by atoms with Gasteiger partial charge in [0, 0.05) is 55.9 Å². The zero-order valence-electron chi connectivity index (χ0n) is 24.7. The van der Waals surface area contributed by atoms with Crippen molar-refractivity contribution in [2.75, 3.05) is 59.4 Å². The molecule has 0 amide bonds. The Morgan fingerprint density at radius 1 is 0.647 bits per heavy atom. The van der Waals surface area contributed by atoms with Crippen LogP contribution in [0.1, 0.15) is 103 Å². The fraction of sp³-hybridized carbons (Fsp3) is 0.933. The molecule has 0 N–H and O–H groups in total. The molecule has 0 spiro atoms. The Balaban J connectivity index is 0.000000473. The Labute approximate surface area is 216 Å². The van der Waals surface area contributed by atoms with Gasteiger partial charge >= 0.3 is 0 Å². The van der Waals surface area contributed by atoms with E-state index in [9.17, 15) is 0 Å². The molecule has 2 fully saturated rings. The minimum absolute atomic E-state index is 0. The molecule has 4 nitrogen and oxygen atoms in total. The van der Waals surface area contributed by atoms with E-state index in [-0.39, 0.29) is 7.43 Å². The Hall–Kier alpha value is -0.420. The summed E-state index contributed by atoms with van der Waals surface area (Å²) in [6, 6.07) is 0. The van der Waals surface area contributed by atoms with Gasteiger partial charge in [0.25, 0.3) is 0 Å². The van der Waals surface area contributed by atoms with Crippen molar-refractivity contribution >= 4 is 0 Å². The molecule has 3 aliphatic heterocycles. The van der Waals surface area contributed by atoms with Gasteiger partial charge in [0.15, 0.2) is 0 Å². The van der Waals surface area contributed by atoms with Gasteiger partial charge in [-0.1, -0.05) is 26.0 Å². The summed E-state index contributed by atoms with van der Waals surface area (Å²) in [4.78, 5) is 10.0. The predicted octanol–water partition coefficient (Wildman–Crippen LogP) is 6.62. The van der Waals surface area contributed by atoms with Crippen LogP contribution >= 0.6 is 0 Å². The Morgan fingerprint density at radius 2 is 1.06 bits per heavy atom. The summed E-state index contributed by atoms with van der Waals surface area (Å²) in [6.45, 7) is 35.1. The molecule has 3 aliphatic rings. The SMILES string of the molecule is C.CC1=CCN(C(C)(C)C)CC1.CC1CCN(C(C)(C)C)CC1.CN1CCN(C(C)(C)C)CC1. The summed E-state index contributed by atoms with van der Waals surface area (Å²) in [5.41, 5.74) is 2.64. The van der Waals surface area contributed by atoms with Gasteiger partial charge in [0.1, 0.15) is 0 Å². The molecule has 0 bridgehead atoms. The third-order valence-electron chi connectivity index (χ3n) is 7.57. The van der Waals surface area contributed by atoms with Crippen LogP contribution in [0.4, 0.5) is 0 Å². The minimum atomic E-state index is 0. The van der Waals surface area contributed by atoms with Crippen LogP contribution in [0.25, 0.3) is 0 Å². The normalized spacial score (nSPS) is 22.5. The first-order valence-corrected chi connectivity index (χ1v) is 13.6. The maximum Gasteiger partial charge on any atom is 0.0171 e. The average Bonchev–Trinajstić information content (AvgIpc) is 2.68. The molecule has 0 aliphatic carbocycles. The topological polar surface area (TPSA) is 13.0 Å². The van der Waals surface area contributed by atoms with Crippen LogP contribution in [0.5, 0.6) is 0 Å². The number of hydrogen-bond donors (Lipinski definition) is 0. The average molecular weight is 481 g/mol. The van der Waals surface area contributed by atoms with Crippen molar-refractivity contribution < 1.29 is 0 Å². The van der Waals surface area contributed by atoms with Gasteiger partial charge < -0.3 is 4.90 Å². The van der Waals surface area contributed by atoms with Crippen molar-refractivity contribution in [3.63, 3.8) is 0 Å². The molecule has 4 heteroatoms. The van der Waals surface area contributed by atoms with Gasteiger partial charge in [-0.2, -0.15) is 0 Å². The first kappa shape index (κ1) is 33.6. The van der Waals surface area contributed by atoms with Gasteiger partial charge in [-0.25, -0.2) is 0 Å². The van der Waals surface area contributed by atoms with E-state index in [4.69, 9.17) is 0 Å². The molecule has 0 aromatic carbocycles. The fourth-order valence-electron chi connectivity index (χ4n) is 4.54. The predicted molar refractivity (Wildman–Crippen MR) is 155 cm³/mol. The number of piperidine rings is 1. The Morgan fingerprint density at radius 3 is 1.41 bits per heavy atom. The standard InChI is InChI=1S/C10H21N.C10H19N.C9H20N2.CH4/c2*1-9-5-7-11(8-6-9)10(2,3)4;1-9(2,3)11-7-5-10(4)6-8-11;/h9H,5-8H2,1-4H3;5H,6-8H2,1-4H3;5-8H2,1-4H3;1H4. The summed E-state index contributed by atoms with van der Waals surface area (Å²) >= 11 is 0. The second-order valence-electron chi connectivity index (χ2n) is 13.7. The first-order valence-electron chi connectivity index (χ1n) is 13.6. The molecular weight excluding hydrogens is 416 g/mol. The highest BCUT2D eigenvalue weighted by molar-refractivity contribution is 5.05. The molecule has 0 atom stereocenters. The van der Waals surface area contributed by atoms with Crippen LogP contribution in [0, 0.1) is 5.92 Å². The van der Waals surface area contributed by atoms with Gasteiger partial charge in [0.2, 0.25) is 0 Å². The lowest BCUT2D eigenvalue weighted by Crippen LogP contribution is -2.52. The lowest BCUT2D eigenvalue weighted by atomic mass is 9.95. The highest BCUT2D eigenvalue weighted by atomic mass is 15.3. The van der Waals surface area contributed by atoms with E-state index < -0.39 is 0 Å². The van der Waals surface area contributed by atoms with Crippen LogP contribution in [0.3, 0.4) is 0 Å². The minimum Gasteiger partial charge on any atom is -0.304 e. The smallest absolute Gasteiger partial charge is 0.0171 e. The number of piperazine rings is 1. The van der Waals surface area contributed by atoms with Crippen molar-refractivity contribution in [2.45, 2.75) is 119 Å². The van der Waals surface area contributed by atoms with Crippen LogP contribution < -0.4 is 0 Å². The number of hydrogen-bond acceptors (Lipinski definition) is 4. The van der Waals surface area contributed by atoms with E-state index in [0.29, 0.717) is 16.6 Å². The molecule has 0 unspecified atom stereocenters. The Bertz CT molecular complexity index is 528. The summed E-state index contributed by atoms with van der Waals surface area (Å²) in [5.74, 6) is 0.952. The maximum absolute atomic E-state index is 2.59. The van der Waals surface area contributed by atoms with Crippen LogP contribution in [0.2, 0.25) is 0 Å². The molecule has 204 valence electrons. The molecule has 0 aromatic heterocycles. The number of likely N-dealkylation sites (N-methyl/N-ethyl adjacent to an activating group) is 1. The fourth-order valence-corrected chi connectivity index (χ4v) is 4.54. The van der Waals surface area contributed by atoms with Crippen LogP contribution in [-0.4, -0.2) is 95.6 Å². The number of nitrogens with zero attached hydrogens (tertiary/aromatic N) is 4. The molecule has 0 aromatic rings. The Kier molecular flexibility index (Phi) is 14.2. The van der Waals surface area contributed by atoms with Gasteiger partial charge in [0.05, 0.1) is 0 Å². The lowest BCUT2D eigenvalue weighted by Gasteiger charge is -2.41. The van der Waals surface area contributed by atoms with Crippen molar-refractivity contribution in [2.24, 2.45) is 5.92 Å². The highest BCUT2D eigenvalue weighted by Crippen LogP contribution is 2.23. The second kappa shape index (κ2) is 14.4. The van der Waals surface area contributed by atoms with E-state index in [2.05, 4.69) is 109 Å². The quantitative estimate of drug-likeness (QED) is 0.361. The third kappa shape index (κ3) is 13.0. The summed E-state index contributed by atoms with van der Waals surface area (Å²) < 4.78 is 0.